The van der Waals surface area contributed by atoms with Gasteiger partial charge in [0.15, 0.2) is 0 Å². The van der Waals surface area contributed by atoms with E-state index in [2.05, 4.69) is 0 Å². The van der Waals surface area contributed by atoms with E-state index in [1.54, 1.807) is 0 Å². The van der Waals surface area contributed by atoms with Gasteiger partial charge in [0.2, 0.25) is 0 Å². The van der Waals surface area contributed by atoms with E-state index < -0.39 is 0 Å². The Hall–Kier alpha value is 2.06. The molecule has 0 aliphatic heterocycles. The third-order valence-electron chi connectivity index (χ3n) is 0. The van der Waals surface area contributed by atoms with Gasteiger partial charge in [0.1, 0.15) is 0 Å². The van der Waals surface area contributed by atoms with Gasteiger partial charge in [0.05, 0.1) is 0 Å². The molecule has 0 heterocycles. The van der Waals surface area contributed by atoms with Gasteiger partial charge in [0.25, 0.3) is 0 Å². The molecular formula is H4LiNaO4Zn. The largest absolute Gasteiger partial charge is 2.00 e. The van der Waals surface area contributed by atoms with Crippen molar-refractivity contribution in [2.24, 2.45) is 0 Å². The van der Waals surface area contributed by atoms with E-state index in [0.717, 1.165) is 0 Å². The van der Waals surface area contributed by atoms with E-state index in [1.807, 2.05) is 0 Å². The first-order valence-electron chi connectivity index (χ1n) is 0. The van der Waals surface area contributed by atoms with Gasteiger partial charge in [-0.15, -0.1) is 0 Å². The maximum Gasteiger partial charge on any atom is 2.00 e. The Labute approximate surface area is 88.9 Å². The number of hydrogen-bond donors (Lipinski definition) is 0. The van der Waals surface area contributed by atoms with Crippen molar-refractivity contribution in [2.75, 3.05) is 0 Å². The summed E-state index contributed by atoms with van der Waals surface area (Å²) in [6, 6.07) is 0. The second kappa shape index (κ2) is 94.6. The van der Waals surface area contributed by atoms with Crippen LogP contribution in [0.25, 0.3) is 0 Å². The molecule has 0 aromatic carbocycles. The summed E-state index contributed by atoms with van der Waals surface area (Å²) in [5.74, 6) is 0. The normalized spacial score (nSPS) is 0. The first-order chi connectivity index (χ1) is 0. The summed E-state index contributed by atoms with van der Waals surface area (Å²) in [6.07, 6.45) is 0. The zero-order valence-corrected chi connectivity index (χ0v) is 9.46. The smallest absolute Gasteiger partial charge is 0.870 e. The second-order valence-corrected chi connectivity index (χ2v) is 0. The van der Waals surface area contributed by atoms with Crippen LogP contribution < -0.4 is 48.4 Å². The van der Waals surface area contributed by atoms with Crippen molar-refractivity contribution >= 4 is 0 Å². The molecule has 0 radical (unpaired) electrons. The van der Waals surface area contributed by atoms with Crippen molar-refractivity contribution in [1.29, 1.82) is 0 Å². The molecule has 32 valence electrons. The minimum Gasteiger partial charge on any atom is -0.870 e. The molecule has 0 aromatic rings. The van der Waals surface area contributed by atoms with Crippen molar-refractivity contribution in [1.82, 2.24) is 0 Å². The number of rotatable bonds is 0. The van der Waals surface area contributed by atoms with Crippen LogP contribution in [0.2, 0.25) is 0 Å². The summed E-state index contributed by atoms with van der Waals surface area (Å²) in [5, 5.41) is 0. The van der Waals surface area contributed by atoms with Crippen molar-refractivity contribution < 1.29 is 89.8 Å². The van der Waals surface area contributed by atoms with Crippen molar-refractivity contribution in [3.63, 3.8) is 0 Å². The third-order valence-corrected chi connectivity index (χ3v) is 0. The van der Waals surface area contributed by atoms with Crippen LogP contribution in [-0.4, -0.2) is 21.9 Å². The van der Waals surface area contributed by atoms with Gasteiger partial charge in [-0.1, -0.05) is 0 Å². The molecule has 0 saturated heterocycles. The maximum absolute atomic E-state index is 0. The van der Waals surface area contributed by atoms with Gasteiger partial charge < -0.3 is 21.9 Å². The molecule has 0 atom stereocenters. The molecule has 0 aliphatic rings. The van der Waals surface area contributed by atoms with Crippen LogP contribution in [0.3, 0.4) is 0 Å². The molecule has 0 amide bonds. The summed E-state index contributed by atoms with van der Waals surface area (Å²) >= 11 is 0. The standard InChI is InChI=1S/Li.Na.4H2O.Zn/h;;4*1H2;/q2*+1;;;;;+2/p-4. The Morgan fingerprint density at radius 1 is 0.571 bits per heavy atom. The Morgan fingerprint density at radius 2 is 0.571 bits per heavy atom. The van der Waals surface area contributed by atoms with E-state index in [-0.39, 0.29) is 89.8 Å². The first kappa shape index (κ1) is 139. The minimum atomic E-state index is 0. The topological polar surface area (TPSA) is 120 Å². The van der Waals surface area contributed by atoms with Gasteiger partial charge in [-0.2, -0.15) is 0 Å². The van der Waals surface area contributed by atoms with Crippen molar-refractivity contribution in [3.05, 3.63) is 0 Å². The van der Waals surface area contributed by atoms with Crippen molar-refractivity contribution in [3.8, 4) is 0 Å². The molecule has 0 bridgehead atoms. The maximum atomic E-state index is 0. The van der Waals surface area contributed by atoms with Crippen LogP contribution in [0.1, 0.15) is 0 Å². The second-order valence-electron chi connectivity index (χ2n) is 0. The first-order valence-corrected chi connectivity index (χ1v) is 0. The Kier molecular flexibility index (Phi) is 1870. The van der Waals surface area contributed by atoms with Crippen LogP contribution in [0, 0.1) is 0 Å². The average Bonchev–Trinajstić information content (AvgIpc) is 0. The van der Waals surface area contributed by atoms with Crippen LogP contribution in [0.4, 0.5) is 0 Å². The number of hydrogen-bond acceptors (Lipinski definition) is 4. The molecule has 0 aromatic heterocycles. The molecule has 4 N–H and O–H groups in total. The minimum absolute atomic E-state index is 0. The van der Waals surface area contributed by atoms with Gasteiger partial charge >= 0.3 is 67.9 Å². The fourth-order valence-corrected chi connectivity index (χ4v) is 0. The van der Waals surface area contributed by atoms with E-state index in [4.69, 9.17) is 0 Å². The predicted octanol–water partition coefficient (Wildman–Crippen LogP) is -6.70. The van der Waals surface area contributed by atoms with E-state index in [9.17, 15) is 0 Å². The molecule has 7 heteroatoms. The summed E-state index contributed by atoms with van der Waals surface area (Å²) in [7, 11) is 0. The zero-order valence-electron chi connectivity index (χ0n) is 4.50. The molecule has 0 rings (SSSR count). The van der Waals surface area contributed by atoms with Gasteiger partial charge in [-0.3, -0.25) is 0 Å². The molecule has 7 heavy (non-hydrogen) atoms. The average molecular weight is 163 g/mol. The van der Waals surface area contributed by atoms with Crippen LogP contribution in [-0.2, 0) is 19.5 Å². The third kappa shape index (κ3) is 69.7. The van der Waals surface area contributed by atoms with Gasteiger partial charge in [-0.05, 0) is 0 Å². The zero-order chi connectivity index (χ0) is 0. The molecule has 0 saturated carbocycles. The molecule has 0 fully saturated rings. The summed E-state index contributed by atoms with van der Waals surface area (Å²) in [4.78, 5) is 0. The Balaban J connectivity index is 0. The predicted molar refractivity (Wildman–Crippen MR) is 7.74 cm³/mol. The monoisotopic (exact) mass is 162 g/mol. The van der Waals surface area contributed by atoms with E-state index in [0.29, 0.717) is 0 Å². The summed E-state index contributed by atoms with van der Waals surface area (Å²) in [5.41, 5.74) is 0. The molecule has 0 spiro atoms. The SMILES string of the molecule is [Li+].[Na+].[OH-].[OH-].[OH-].[OH-].[Zn+2]. The quantitative estimate of drug-likeness (QED) is 0.330. The van der Waals surface area contributed by atoms with Crippen LogP contribution in [0.5, 0.6) is 0 Å². The van der Waals surface area contributed by atoms with Crippen LogP contribution in [0.15, 0.2) is 0 Å². The summed E-state index contributed by atoms with van der Waals surface area (Å²) in [6.45, 7) is 0. The summed E-state index contributed by atoms with van der Waals surface area (Å²) < 4.78 is 0. The molecule has 4 nitrogen and oxygen atoms in total. The molecular weight excluding hydrogens is 159 g/mol. The van der Waals surface area contributed by atoms with E-state index >= 15 is 0 Å². The fraction of sp³-hybridized carbons (Fsp3) is 0. The van der Waals surface area contributed by atoms with Gasteiger partial charge in [0, 0.05) is 0 Å². The van der Waals surface area contributed by atoms with Gasteiger partial charge in [-0.25, -0.2) is 0 Å². The van der Waals surface area contributed by atoms with Crippen molar-refractivity contribution in [2.45, 2.75) is 0 Å². The van der Waals surface area contributed by atoms with E-state index in [1.165, 1.54) is 0 Å². The Bertz CT molecular complexity index is 11.7. The van der Waals surface area contributed by atoms with Crippen LogP contribution >= 0.6 is 0 Å². The fourth-order valence-electron chi connectivity index (χ4n) is 0. The molecule has 0 aliphatic carbocycles. The molecule has 0 unspecified atom stereocenters. The Morgan fingerprint density at radius 3 is 0.571 bits per heavy atom.